The van der Waals surface area contributed by atoms with E-state index in [-0.39, 0.29) is 5.02 Å². The molecular formula is C12H9BrClFN2. The van der Waals surface area contributed by atoms with Crippen molar-refractivity contribution in [1.82, 2.24) is 4.98 Å². The fraction of sp³-hybridized carbons (Fsp3) is 0.0833. The maximum atomic E-state index is 13.2. The van der Waals surface area contributed by atoms with E-state index in [1.165, 1.54) is 12.1 Å². The topological polar surface area (TPSA) is 24.9 Å². The van der Waals surface area contributed by atoms with E-state index in [1.807, 2.05) is 13.0 Å². The van der Waals surface area contributed by atoms with Gasteiger partial charge < -0.3 is 5.32 Å². The van der Waals surface area contributed by atoms with Crippen molar-refractivity contribution in [1.29, 1.82) is 0 Å². The van der Waals surface area contributed by atoms with Crippen molar-refractivity contribution < 1.29 is 4.39 Å². The zero-order valence-electron chi connectivity index (χ0n) is 8.97. The summed E-state index contributed by atoms with van der Waals surface area (Å²) in [6, 6.07) is 6.46. The highest BCUT2D eigenvalue weighted by Crippen LogP contribution is 2.26. The van der Waals surface area contributed by atoms with Crippen molar-refractivity contribution in [2.75, 3.05) is 5.32 Å². The van der Waals surface area contributed by atoms with Gasteiger partial charge in [-0.05, 0) is 52.7 Å². The van der Waals surface area contributed by atoms with Crippen molar-refractivity contribution in [3.05, 3.63) is 51.3 Å². The smallest absolute Gasteiger partial charge is 0.144 e. The number of aromatic nitrogens is 1. The van der Waals surface area contributed by atoms with E-state index in [1.54, 1.807) is 12.3 Å². The van der Waals surface area contributed by atoms with Crippen molar-refractivity contribution in [3.63, 3.8) is 0 Å². The number of halogens is 3. The number of aryl methyl sites for hydroxylation is 1. The molecule has 1 aromatic heterocycles. The quantitative estimate of drug-likeness (QED) is 0.869. The van der Waals surface area contributed by atoms with Crippen LogP contribution in [-0.2, 0) is 0 Å². The van der Waals surface area contributed by atoms with Gasteiger partial charge in [-0.25, -0.2) is 9.37 Å². The lowest BCUT2D eigenvalue weighted by Gasteiger charge is -2.08. The van der Waals surface area contributed by atoms with Crippen LogP contribution in [0.3, 0.4) is 0 Å². The zero-order chi connectivity index (χ0) is 12.4. The summed E-state index contributed by atoms with van der Waals surface area (Å²) in [6.07, 6.45) is 1.74. The largest absolute Gasteiger partial charge is 0.339 e. The first-order valence-electron chi connectivity index (χ1n) is 4.90. The summed E-state index contributed by atoms with van der Waals surface area (Å²) < 4.78 is 14.1. The Kier molecular flexibility index (Phi) is 3.64. The maximum Gasteiger partial charge on any atom is 0.144 e. The Morgan fingerprint density at radius 1 is 1.35 bits per heavy atom. The molecule has 0 radical (unpaired) electrons. The van der Waals surface area contributed by atoms with Gasteiger partial charge in [0.2, 0.25) is 0 Å². The molecule has 0 atom stereocenters. The fourth-order valence-electron chi connectivity index (χ4n) is 1.34. The van der Waals surface area contributed by atoms with Gasteiger partial charge in [-0.1, -0.05) is 11.6 Å². The van der Waals surface area contributed by atoms with Crippen LogP contribution in [0, 0.1) is 12.7 Å². The van der Waals surface area contributed by atoms with Crippen LogP contribution in [-0.4, -0.2) is 4.98 Å². The van der Waals surface area contributed by atoms with E-state index >= 15 is 0 Å². The molecule has 0 saturated heterocycles. The third-order valence-corrected chi connectivity index (χ3v) is 3.07. The molecule has 0 aliphatic rings. The van der Waals surface area contributed by atoms with Crippen molar-refractivity contribution >= 4 is 39.0 Å². The SMILES string of the molecule is Cc1cnc(Nc2ccc(Cl)c(F)c2)c(Br)c1. The van der Waals surface area contributed by atoms with Crippen LogP contribution in [0.15, 0.2) is 34.9 Å². The molecule has 5 heteroatoms. The molecule has 0 aliphatic heterocycles. The number of anilines is 2. The zero-order valence-corrected chi connectivity index (χ0v) is 11.3. The number of nitrogens with one attached hydrogen (secondary N) is 1. The average Bonchev–Trinajstić information content (AvgIpc) is 2.27. The number of hydrogen-bond acceptors (Lipinski definition) is 2. The van der Waals surface area contributed by atoms with Gasteiger partial charge in [0.1, 0.15) is 11.6 Å². The van der Waals surface area contributed by atoms with Gasteiger partial charge >= 0.3 is 0 Å². The third kappa shape index (κ3) is 2.96. The molecule has 0 saturated carbocycles. The molecule has 0 aliphatic carbocycles. The summed E-state index contributed by atoms with van der Waals surface area (Å²) in [5, 5.41) is 3.11. The summed E-state index contributed by atoms with van der Waals surface area (Å²) in [4.78, 5) is 4.21. The Morgan fingerprint density at radius 3 is 2.76 bits per heavy atom. The predicted molar refractivity (Wildman–Crippen MR) is 71.4 cm³/mol. The number of nitrogens with zero attached hydrogens (tertiary/aromatic N) is 1. The van der Waals surface area contributed by atoms with Gasteiger partial charge in [-0.3, -0.25) is 0 Å². The van der Waals surface area contributed by atoms with Crippen LogP contribution < -0.4 is 5.32 Å². The van der Waals surface area contributed by atoms with Crippen LogP contribution in [0.2, 0.25) is 5.02 Å². The highest BCUT2D eigenvalue weighted by Gasteiger charge is 2.04. The molecular weight excluding hydrogens is 307 g/mol. The van der Waals surface area contributed by atoms with Crippen molar-refractivity contribution in [3.8, 4) is 0 Å². The summed E-state index contributed by atoms with van der Waals surface area (Å²) >= 11 is 9.00. The van der Waals surface area contributed by atoms with Gasteiger partial charge in [0.25, 0.3) is 0 Å². The highest BCUT2D eigenvalue weighted by molar-refractivity contribution is 9.10. The lowest BCUT2D eigenvalue weighted by Crippen LogP contribution is -1.95. The third-order valence-electron chi connectivity index (χ3n) is 2.16. The second-order valence-electron chi connectivity index (χ2n) is 3.60. The van der Waals surface area contributed by atoms with Crippen LogP contribution in [0.1, 0.15) is 5.56 Å². The monoisotopic (exact) mass is 314 g/mol. The Bertz CT molecular complexity index is 560. The van der Waals surface area contributed by atoms with Crippen LogP contribution >= 0.6 is 27.5 Å². The van der Waals surface area contributed by atoms with Gasteiger partial charge in [-0.15, -0.1) is 0 Å². The van der Waals surface area contributed by atoms with Crippen LogP contribution in [0.5, 0.6) is 0 Å². The van der Waals surface area contributed by atoms with Gasteiger partial charge in [0, 0.05) is 11.9 Å². The van der Waals surface area contributed by atoms with Crippen molar-refractivity contribution in [2.45, 2.75) is 6.92 Å². The highest BCUT2D eigenvalue weighted by atomic mass is 79.9. The van der Waals surface area contributed by atoms with E-state index < -0.39 is 5.82 Å². The molecule has 0 spiro atoms. The minimum atomic E-state index is -0.458. The second-order valence-corrected chi connectivity index (χ2v) is 4.86. The van der Waals surface area contributed by atoms with E-state index in [2.05, 4.69) is 26.2 Å². The first kappa shape index (κ1) is 12.3. The lowest BCUT2D eigenvalue weighted by molar-refractivity contribution is 0.629. The molecule has 2 rings (SSSR count). The van der Waals surface area contributed by atoms with E-state index in [0.29, 0.717) is 11.5 Å². The molecule has 1 N–H and O–H groups in total. The predicted octanol–water partition coefficient (Wildman–Crippen LogP) is 4.69. The van der Waals surface area contributed by atoms with Gasteiger partial charge in [0.15, 0.2) is 0 Å². The summed E-state index contributed by atoms with van der Waals surface area (Å²) in [7, 11) is 0. The Labute approximate surface area is 112 Å². The molecule has 0 unspecified atom stereocenters. The molecule has 0 bridgehead atoms. The fourth-order valence-corrected chi connectivity index (χ4v) is 2.02. The first-order valence-corrected chi connectivity index (χ1v) is 6.07. The molecule has 17 heavy (non-hydrogen) atoms. The van der Waals surface area contributed by atoms with Crippen LogP contribution in [0.25, 0.3) is 0 Å². The second kappa shape index (κ2) is 5.02. The Morgan fingerprint density at radius 2 is 2.12 bits per heavy atom. The number of benzene rings is 1. The van der Waals surface area contributed by atoms with Crippen LogP contribution in [0.4, 0.5) is 15.9 Å². The molecule has 88 valence electrons. The molecule has 2 aromatic rings. The number of pyridine rings is 1. The molecule has 0 amide bonds. The van der Waals surface area contributed by atoms with Crippen molar-refractivity contribution in [2.24, 2.45) is 0 Å². The minimum Gasteiger partial charge on any atom is -0.339 e. The number of hydrogen-bond donors (Lipinski definition) is 1. The van der Waals surface area contributed by atoms with Gasteiger partial charge in [0.05, 0.1) is 9.50 Å². The van der Waals surface area contributed by atoms with E-state index in [0.717, 1.165) is 10.0 Å². The minimum absolute atomic E-state index is 0.103. The molecule has 2 nitrogen and oxygen atoms in total. The Hall–Kier alpha value is -1.13. The number of rotatable bonds is 2. The maximum absolute atomic E-state index is 13.2. The lowest BCUT2D eigenvalue weighted by atomic mass is 10.3. The molecule has 1 heterocycles. The molecule has 0 fully saturated rings. The Balaban J connectivity index is 2.28. The summed E-state index contributed by atoms with van der Waals surface area (Å²) in [5.41, 5.74) is 1.65. The molecule has 1 aromatic carbocycles. The standard InChI is InChI=1S/C12H9BrClFN2/c1-7-4-9(13)12(16-6-7)17-8-2-3-10(14)11(15)5-8/h2-6H,1H3,(H,16,17). The first-order chi connectivity index (χ1) is 8.06. The van der Waals surface area contributed by atoms with E-state index in [4.69, 9.17) is 11.6 Å². The summed E-state index contributed by atoms with van der Waals surface area (Å²) in [6.45, 7) is 1.95. The van der Waals surface area contributed by atoms with Gasteiger partial charge in [-0.2, -0.15) is 0 Å². The average molecular weight is 316 g/mol. The normalized spacial score (nSPS) is 10.4. The summed E-state index contributed by atoms with van der Waals surface area (Å²) in [5.74, 6) is 0.178. The van der Waals surface area contributed by atoms with E-state index in [9.17, 15) is 4.39 Å².